The lowest BCUT2D eigenvalue weighted by molar-refractivity contribution is -0.170. The van der Waals surface area contributed by atoms with Crippen molar-refractivity contribution < 1.29 is 45.9 Å². The fourth-order valence-corrected chi connectivity index (χ4v) is 4.02. The van der Waals surface area contributed by atoms with Crippen molar-refractivity contribution in [2.75, 3.05) is 36.5 Å². The van der Waals surface area contributed by atoms with Crippen LogP contribution in [0.1, 0.15) is 9.67 Å². The minimum Gasteiger partial charge on any atom is -0.370 e. The lowest BCUT2D eigenvalue weighted by Crippen LogP contribution is -2.56. The van der Waals surface area contributed by atoms with E-state index in [4.69, 9.17) is 16.3 Å². The second kappa shape index (κ2) is 11.8. The van der Waals surface area contributed by atoms with Crippen molar-refractivity contribution in [2.45, 2.75) is 18.4 Å². The van der Waals surface area contributed by atoms with E-state index in [1.165, 1.54) is 28.4 Å². The number of ether oxygens (including phenoxy) is 1. The molecule has 1 fully saturated rings. The molecule has 1 aliphatic rings. The van der Waals surface area contributed by atoms with Gasteiger partial charge in [-0.2, -0.15) is 8.78 Å². The molecule has 4 amide bonds. The predicted molar refractivity (Wildman–Crippen MR) is 123 cm³/mol. The molecule has 0 bridgehead atoms. The molecule has 9 nitrogen and oxygen atoms in total. The van der Waals surface area contributed by atoms with Crippen molar-refractivity contribution in [3.63, 3.8) is 0 Å². The summed E-state index contributed by atoms with van der Waals surface area (Å²) < 4.78 is 72.1. The van der Waals surface area contributed by atoms with E-state index < -0.39 is 60.1 Å². The van der Waals surface area contributed by atoms with Gasteiger partial charge in [-0.3, -0.25) is 19.2 Å². The zero-order chi connectivity index (χ0) is 27.3. The van der Waals surface area contributed by atoms with Gasteiger partial charge in [0.15, 0.2) is 0 Å². The number of anilines is 2. The molecule has 37 heavy (non-hydrogen) atoms. The summed E-state index contributed by atoms with van der Waals surface area (Å²) in [5.74, 6) is -11.1. The first-order chi connectivity index (χ1) is 17.4. The maximum absolute atomic E-state index is 14.7. The van der Waals surface area contributed by atoms with Gasteiger partial charge < -0.3 is 25.6 Å². The van der Waals surface area contributed by atoms with Crippen LogP contribution < -0.4 is 20.9 Å². The normalized spacial score (nSPS) is 14.9. The van der Waals surface area contributed by atoms with Gasteiger partial charge in [0, 0.05) is 18.8 Å². The Labute approximate surface area is 214 Å². The summed E-state index contributed by atoms with van der Waals surface area (Å²) >= 11 is 6.60. The Morgan fingerprint density at radius 2 is 1.92 bits per heavy atom. The first kappa shape index (κ1) is 28.3. The number of morpholine rings is 1. The van der Waals surface area contributed by atoms with E-state index in [2.05, 4.69) is 5.32 Å². The minimum absolute atomic E-state index is 0.0766. The fraction of sp³-hybridized carbons (Fsp3) is 0.333. The van der Waals surface area contributed by atoms with E-state index in [0.29, 0.717) is 0 Å². The monoisotopic (exact) mass is 568 g/mol. The Balaban J connectivity index is 1.76. The van der Waals surface area contributed by atoms with Crippen LogP contribution >= 0.6 is 22.9 Å². The number of rotatable bonds is 9. The number of carbonyl (C=O) groups is 4. The number of carbonyl (C=O) groups excluding carboxylic acids is 4. The predicted octanol–water partition coefficient (Wildman–Crippen LogP) is 2.66. The minimum atomic E-state index is -5.14. The molecule has 0 aliphatic carbocycles. The van der Waals surface area contributed by atoms with Crippen LogP contribution in [0.15, 0.2) is 30.3 Å². The van der Waals surface area contributed by atoms with Crippen molar-refractivity contribution in [3.8, 4) is 0 Å². The zero-order valence-electron chi connectivity index (χ0n) is 18.5. The molecule has 0 spiro atoms. The summed E-state index contributed by atoms with van der Waals surface area (Å²) in [5.41, 5.74) is -0.308. The van der Waals surface area contributed by atoms with Crippen molar-refractivity contribution in [2.24, 2.45) is 0 Å². The highest BCUT2D eigenvalue weighted by Crippen LogP contribution is 2.25. The summed E-state index contributed by atoms with van der Waals surface area (Å²) in [7, 11) is 0. The van der Waals surface area contributed by atoms with Crippen molar-refractivity contribution in [1.29, 1.82) is 0 Å². The van der Waals surface area contributed by atoms with Crippen LogP contribution in [0, 0.1) is 5.82 Å². The van der Waals surface area contributed by atoms with Crippen LogP contribution in [0.5, 0.6) is 0 Å². The van der Waals surface area contributed by atoms with E-state index in [9.17, 15) is 41.1 Å². The third kappa shape index (κ3) is 6.93. The van der Waals surface area contributed by atoms with Gasteiger partial charge >= 0.3 is 12.3 Å². The van der Waals surface area contributed by atoms with Gasteiger partial charge in [-0.25, -0.2) is 13.2 Å². The molecular weight excluding hydrogens is 551 g/mol. The molecule has 0 saturated carbocycles. The maximum Gasteiger partial charge on any atom is 0.383 e. The second-order valence-electron chi connectivity index (χ2n) is 7.51. The molecule has 1 saturated heterocycles. The van der Waals surface area contributed by atoms with Gasteiger partial charge in [-0.15, -0.1) is 11.3 Å². The molecule has 2 heterocycles. The quantitative estimate of drug-likeness (QED) is 0.402. The van der Waals surface area contributed by atoms with Gasteiger partial charge in [-0.1, -0.05) is 11.6 Å². The Morgan fingerprint density at radius 1 is 1.19 bits per heavy atom. The van der Waals surface area contributed by atoms with E-state index in [0.717, 1.165) is 23.5 Å². The highest BCUT2D eigenvalue weighted by atomic mass is 35.5. The van der Waals surface area contributed by atoms with Crippen LogP contribution in [0.3, 0.4) is 0 Å². The second-order valence-corrected chi connectivity index (χ2v) is 9.23. The number of hydrogen-bond donors (Lipinski definition) is 3. The summed E-state index contributed by atoms with van der Waals surface area (Å²) in [5, 5.41) is 5.69. The number of alkyl halides is 4. The number of nitrogens with zero attached hydrogens (tertiary/aromatic N) is 1. The number of nitrogens with one attached hydrogen (secondary N) is 3. The summed E-state index contributed by atoms with van der Waals surface area (Å²) in [4.78, 5) is 49.9. The Bertz CT molecular complexity index is 1200. The summed E-state index contributed by atoms with van der Waals surface area (Å²) in [6.07, 6.45) is -4.37. The van der Waals surface area contributed by atoms with Crippen LogP contribution in [-0.2, 0) is 19.1 Å². The average molecular weight is 569 g/mol. The molecule has 16 heteroatoms. The van der Waals surface area contributed by atoms with Gasteiger partial charge in [0.05, 0.1) is 21.5 Å². The number of halogens is 6. The molecule has 0 radical (unpaired) electrons. The largest absolute Gasteiger partial charge is 0.383 e. The van der Waals surface area contributed by atoms with E-state index >= 15 is 0 Å². The van der Waals surface area contributed by atoms with E-state index in [1.807, 2.05) is 5.32 Å². The molecule has 3 N–H and O–H groups in total. The molecule has 1 aromatic carbocycles. The molecule has 3 rings (SSSR count). The average Bonchev–Trinajstić information content (AvgIpc) is 3.29. The Kier molecular flexibility index (Phi) is 9.04. The Hall–Kier alpha value is -3.30. The van der Waals surface area contributed by atoms with Crippen molar-refractivity contribution in [3.05, 3.63) is 45.4 Å². The number of thiophene rings is 1. The van der Waals surface area contributed by atoms with Gasteiger partial charge in [0.1, 0.15) is 18.5 Å². The molecular formula is C21H18ClF5N4O5S. The van der Waals surface area contributed by atoms with Crippen LogP contribution in [0.4, 0.5) is 33.3 Å². The molecule has 2 aromatic rings. The summed E-state index contributed by atoms with van der Waals surface area (Å²) in [6, 6.07) is 4.02. The SMILES string of the molecule is O=C(NC[C@H](NC(=O)C(F)(F)C(F)F)C(=O)Nc1ccc(N2CCOCC2=O)cc1F)c1ccc(Cl)s1. The lowest BCUT2D eigenvalue weighted by atomic mass is 10.2. The number of benzene rings is 1. The number of amides is 4. The van der Waals surface area contributed by atoms with Gasteiger partial charge in [-0.05, 0) is 30.3 Å². The Morgan fingerprint density at radius 3 is 2.51 bits per heavy atom. The van der Waals surface area contributed by atoms with E-state index in [-0.39, 0.29) is 34.7 Å². The topological polar surface area (TPSA) is 117 Å². The maximum atomic E-state index is 14.7. The van der Waals surface area contributed by atoms with Gasteiger partial charge in [0.25, 0.3) is 17.7 Å². The number of hydrogen-bond acceptors (Lipinski definition) is 6. The highest BCUT2D eigenvalue weighted by Gasteiger charge is 2.50. The first-order valence-corrected chi connectivity index (χ1v) is 11.6. The zero-order valence-corrected chi connectivity index (χ0v) is 20.1. The van der Waals surface area contributed by atoms with Crippen molar-refractivity contribution in [1.82, 2.24) is 10.6 Å². The standard InChI is InChI=1S/C21H18ClF5N4O5S/c22-15-4-3-14(37-15)18(34)28-8-13(30-20(35)21(26,27)19(24)25)17(33)29-12-2-1-10(7-11(12)23)31-5-6-36-9-16(31)32/h1-4,7,13,19H,5-6,8-9H2,(H,28,34)(H,29,33)(H,30,35)/t13-/m0/s1. The first-order valence-electron chi connectivity index (χ1n) is 10.4. The van der Waals surface area contributed by atoms with Crippen LogP contribution in [0.25, 0.3) is 0 Å². The van der Waals surface area contributed by atoms with Gasteiger partial charge in [0.2, 0.25) is 5.91 Å². The molecule has 200 valence electrons. The third-order valence-corrected chi connectivity index (χ3v) is 6.20. The highest BCUT2D eigenvalue weighted by molar-refractivity contribution is 7.18. The molecule has 1 aromatic heterocycles. The van der Waals surface area contributed by atoms with E-state index in [1.54, 1.807) is 0 Å². The fourth-order valence-electron chi connectivity index (χ4n) is 3.07. The third-order valence-electron chi connectivity index (χ3n) is 4.97. The lowest BCUT2D eigenvalue weighted by Gasteiger charge is -2.27. The van der Waals surface area contributed by atoms with Crippen LogP contribution in [0.2, 0.25) is 4.34 Å². The van der Waals surface area contributed by atoms with Crippen LogP contribution in [-0.4, -0.2) is 68.3 Å². The molecule has 0 unspecified atom stereocenters. The molecule has 1 atom stereocenters. The smallest absolute Gasteiger partial charge is 0.370 e. The summed E-state index contributed by atoms with van der Waals surface area (Å²) in [6.45, 7) is -0.632. The molecule has 1 aliphatic heterocycles. The van der Waals surface area contributed by atoms with Crippen molar-refractivity contribution >= 4 is 57.9 Å².